The summed E-state index contributed by atoms with van der Waals surface area (Å²) < 4.78 is 0. The van der Waals surface area contributed by atoms with E-state index in [4.69, 9.17) is 11.5 Å². The number of amides is 3. The van der Waals surface area contributed by atoms with Crippen molar-refractivity contribution < 1.29 is 9.59 Å². The SMILES string of the molecule is CC1(N)CCCCC1C(=O)Nc1ccc(CNC(N)=O)cc1.Cl. The van der Waals surface area contributed by atoms with Crippen LogP contribution in [0.1, 0.15) is 38.2 Å². The van der Waals surface area contributed by atoms with Crippen LogP contribution in [-0.2, 0) is 11.3 Å². The van der Waals surface area contributed by atoms with Gasteiger partial charge in [0, 0.05) is 17.8 Å². The van der Waals surface area contributed by atoms with Crippen molar-refractivity contribution in [3.63, 3.8) is 0 Å². The molecule has 2 atom stereocenters. The first-order chi connectivity index (χ1) is 10.4. The molecule has 0 heterocycles. The van der Waals surface area contributed by atoms with E-state index in [0.717, 1.165) is 36.9 Å². The lowest BCUT2D eigenvalue weighted by atomic mass is 9.74. The quantitative estimate of drug-likeness (QED) is 0.673. The summed E-state index contributed by atoms with van der Waals surface area (Å²) >= 11 is 0. The number of hydrogen-bond acceptors (Lipinski definition) is 3. The van der Waals surface area contributed by atoms with Gasteiger partial charge in [-0.3, -0.25) is 4.79 Å². The highest BCUT2D eigenvalue weighted by atomic mass is 35.5. The van der Waals surface area contributed by atoms with E-state index in [9.17, 15) is 9.59 Å². The third-order valence-electron chi connectivity index (χ3n) is 4.26. The summed E-state index contributed by atoms with van der Waals surface area (Å²) in [5.41, 5.74) is 12.5. The molecule has 6 nitrogen and oxygen atoms in total. The molecule has 7 heteroatoms. The summed E-state index contributed by atoms with van der Waals surface area (Å²) in [7, 11) is 0. The lowest BCUT2D eigenvalue weighted by molar-refractivity contribution is -0.122. The number of rotatable bonds is 4. The Kier molecular flexibility index (Phi) is 6.84. The second kappa shape index (κ2) is 8.17. The van der Waals surface area contributed by atoms with Crippen LogP contribution in [0.5, 0.6) is 0 Å². The number of nitrogens with one attached hydrogen (secondary N) is 2. The van der Waals surface area contributed by atoms with Gasteiger partial charge in [-0.2, -0.15) is 0 Å². The van der Waals surface area contributed by atoms with Crippen molar-refractivity contribution in [1.82, 2.24) is 5.32 Å². The van der Waals surface area contributed by atoms with Crippen LogP contribution in [0.25, 0.3) is 0 Å². The number of primary amides is 1. The maximum atomic E-state index is 12.4. The van der Waals surface area contributed by atoms with E-state index in [1.54, 1.807) is 0 Å². The monoisotopic (exact) mass is 340 g/mol. The first-order valence-electron chi connectivity index (χ1n) is 7.60. The zero-order valence-corrected chi connectivity index (χ0v) is 14.1. The van der Waals surface area contributed by atoms with Gasteiger partial charge in [-0.05, 0) is 37.5 Å². The molecule has 1 saturated carbocycles. The number of carbonyl (C=O) groups is 2. The molecule has 0 saturated heterocycles. The fraction of sp³-hybridized carbons (Fsp3) is 0.500. The predicted molar refractivity (Wildman–Crippen MR) is 93.3 cm³/mol. The number of anilines is 1. The van der Waals surface area contributed by atoms with E-state index >= 15 is 0 Å². The third-order valence-corrected chi connectivity index (χ3v) is 4.26. The molecule has 1 fully saturated rings. The maximum absolute atomic E-state index is 12.4. The van der Waals surface area contributed by atoms with Gasteiger partial charge in [0.1, 0.15) is 0 Å². The fourth-order valence-corrected chi connectivity index (χ4v) is 2.91. The number of halogens is 1. The molecular weight excluding hydrogens is 316 g/mol. The molecule has 0 spiro atoms. The molecule has 0 aromatic heterocycles. The Morgan fingerprint density at radius 2 is 1.91 bits per heavy atom. The number of urea groups is 1. The van der Waals surface area contributed by atoms with Crippen molar-refractivity contribution in [3.05, 3.63) is 29.8 Å². The smallest absolute Gasteiger partial charge is 0.312 e. The molecular formula is C16H25ClN4O2. The average Bonchev–Trinajstić information content (AvgIpc) is 2.46. The standard InChI is InChI=1S/C16H24N4O2.ClH/c1-16(18)9-3-2-4-13(16)14(21)20-12-7-5-11(6-8-12)10-19-15(17)22;/h5-8,13H,2-4,9-10,18H2,1H3,(H,20,21)(H3,17,19,22);1H. The van der Waals surface area contributed by atoms with E-state index in [-0.39, 0.29) is 24.2 Å². The van der Waals surface area contributed by atoms with Crippen molar-refractivity contribution in [2.75, 3.05) is 5.32 Å². The van der Waals surface area contributed by atoms with Crippen LogP contribution < -0.4 is 22.1 Å². The normalized spacial score (nSPS) is 23.5. The predicted octanol–water partition coefficient (Wildman–Crippen LogP) is 2.12. The zero-order chi connectivity index (χ0) is 16.2. The van der Waals surface area contributed by atoms with Crippen molar-refractivity contribution in [3.8, 4) is 0 Å². The Balaban J connectivity index is 0.00000264. The molecule has 0 aliphatic heterocycles. The molecule has 1 aliphatic carbocycles. The van der Waals surface area contributed by atoms with E-state index in [1.165, 1.54) is 0 Å². The van der Waals surface area contributed by atoms with Crippen LogP contribution in [-0.4, -0.2) is 17.5 Å². The minimum absolute atomic E-state index is 0. The van der Waals surface area contributed by atoms with Crippen molar-refractivity contribution >= 4 is 30.0 Å². The molecule has 2 unspecified atom stereocenters. The minimum atomic E-state index is -0.558. The number of benzene rings is 1. The molecule has 1 aromatic rings. The average molecular weight is 341 g/mol. The summed E-state index contributed by atoms with van der Waals surface area (Å²) in [4.78, 5) is 23.1. The number of carbonyl (C=O) groups excluding carboxylic acids is 2. The summed E-state index contributed by atoms with van der Waals surface area (Å²) in [5, 5.41) is 5.45. The van der Waals surface area contributed by atoms with Gasteiger partial charge in [-0.25, -0.2) is 4.79 Å². The molecule has 1 aromatic carbocycles. The van der Waals surface area contributed by atoms with Crippen LogP contribution in [0.2, 0.25) is 0 Å². The fourth-order valence-electron chi connectivity index (χ4n) is 2.91. The van der Waals surface area contributed by atoms with Gasteiger partial charge in [0.15, 0.2) is 0 Å². The number of nitrogens with two attached hydrogens (primary N) is 2. The Hall–Kier alpha value is -1.79. The Labute approximate surface area is 142 Å². The molecule has 3 amide bonds. The van der Waals surface area contributed by atoms with Crippen LogP contribution in [0.15, 0.2) is 24.3 Å². The molecule has 1 aliphatic rings. The lowest BCUT2D eigenvalue weighted by Crippen LogP contribution is -2.51. The lowest BCUT2D eigenvalue weighted by Gasteiger charge is -2.37. The highest BCUT2D eigenvalue weighted by Gasteiger charge is 2.37. The van der Waals surface area contributed by atoms with Gasteiger partial charge >= 0.3 is 6.03 Å². The van der Waals surface area contributed by atoms with E-state index in [1.807, 2.05) is 31.2 Å². The van der Waals surface area contributed by atoms with Gasteiger partial charge < -0.3 is 22.1 Å². The Morgan fingerprint density at radius 3 is 2.48 bits per heavy atom. The zero-order valence-electron chi connectivity index (χ0n) is 13.3. The highest BCUT2D eigenvalue weighted by Crippen LogP contribution is 2.32. The molecule has 0 radical (unpaired) electrons. The van der Waals surface area contributed by atoms with E-state index in [2.05, 4.69) is 10.6 Å². The first-order valence-corrected chi connectivity index (χ1v) is 7.60. The van der Waals surface area contributed by atoms with Gasteiger partial charge in [0.05, 0.1) is 5.92 Å². The summed E-state index contributed by atoms with van der Waals surface area (Å²) in [6.45, 7) is 2.32. The Morgan fingerprint density at radius 1 is 1.26 bits per heavy atom. The highest BCUT2D eigenvalue weighted by molar-refractivity contribution is 5.93. The summed E-state index contributed by atoms with van der Waals surface area (Å²) in [6, 6.07) is 6.75. The largest absolute Gasteiger partial charge is 0.352 e. The molecule has 128 valence electrons. The molecule has 0 bridgehead atoms. The van der Waals surface area contributed by atoms with Crippen LogP contribution >= 0.6 is 12.4 Å². The van der Waals surface area contributed by atoms with Crippen molar-refractivity contribution in [2.45, 2.75) is 44.7 Å². The third kappa shape index (κ3) is 5.41. The van der Waals surface area contributed by atoms with Crippen LogP contribution in [0.4, 0.5) is 10.5 Å². The maximum Gasteiger partial charge on any atom is 0.312 e. The molecule has 23 heavy (non-hydrogen) atoms. The summed E-state index contributed by atoms with van der Waals surface area (Å²) in [5.74, 6) is -0.176. The van der Waals surface area contributed by atoms with Crippen molar-refractivity contribution in [2.24, 2.45) is 17.4 Å². The minimum Gasteiger partial charge on any atom is -0.352 e. The second-order valence-electron chi connectivity index (χ2n) is 6.21. The topological polar surface area (TPSA) is 110 Å². The van der Waals surface area contributed by atoms with Gasteiger partial charge in [0.2, 0.25) is 5.91 Å². The second-order valence-corrected chi connectivity index (χ2v) is 6.21. The molecule has 2 rings (SSSR count). The van der Waals surface area contributed by atoms with Gasteiger partial charge in [-0.1, -0.05) is 25.0 Å². The summed E-state index contributed by atoms with van der Waals surface area (Å²) in [6.07, 6.45) is 3.84. The van der Waals surface area contributed by atoms with Gasteiger partial charge in [0.25, 0.3) is 0 Å². The van der Waals surface area contributed by atoms with Crippen LogP contribution in [0.3, 0.4) is 0 Å². The van der Waals surface area contributed by atoms with Gasteiger partial charge in [-0.15, -0.1) is 12.4 Å². The van der Waals surface area contributed by atoms with Crippen LogP contribution in [0, 0.1) is 5.92 Å². The number of hydrogen-bond donors (Lipinski definition) is 4. The van der Waals surface area contributed by atoms with E-state index in [0.29, 0.717) is 6.54 Å². The first kappa shape index (κ1) is 19.3. The Bertz CT molecular complexity index is 546. The van der Waals surface area contributed by atoms with E-state index < -0.39 is 11.6 Å². The van der Waals surface area contributed by atoms with Crippen molar-refractivity contribution in [1.29, 1.82) is 0 Å². The molecule has 6 N–H and O–H groups in total.